The van der Waals surface area contributed by atoms with Crippen molar-refractivity contribution in [2.45, 2.75) is 50.7 Å². The molecule has 0 amide bonds. The van der Waals surface area contributed by atoms with Gasteiger partial charge in [0.05, 0.1) is 24.2 Å². The number of fused-ring (bicyclic) bond motifs is 1. The molecule has 1 fully saturated rings. The highest BCUT2D eigenvalue weighted by molar-refractivity contribution is 6.04. The number of alkyl halides is 1. The van der Waals surface area contributed by atoms with Crippen LogP contribution in [-0.4, -0.2) is 50.1 Å². The number of benzene rings is 2. The molecule has 5 nitrogen and oxygen atoms in total. The quantitative estimate of drug-likeness (QED) is 0.584. The summed E-state index contributed by atoms with van der Waals surface area (Å²) in [6.45, 7) is 3.47. The van der Waals surface area contributed by atoms with Crippen LogP contribution in [0.15, 0.2) is 42.5 Å². The Morgan fingerprint density at radius 3 is 2.66 bits per heavy atom. The predicted octanol–water partition coefficient (Wildman–Crippen LogP) is 4.48. The molecular weight excluding hydrogens is 409 g/mol. The van der Waals surface area contributed by atoms with E-state index < -0.39 is 12.8 Å². The number of carbonyl (C=O) groups is 2. The fraction of sp³-hybridized carbons (Fsp3) is 0.462. The first-order valence-electron chi connectivity index (χ1n) is 11.5. The molecule has 2 aromatic rings. The SMILES string of the molecule is CCC(=O)c1cc(C(=O)CCC[C@@H]2CNCCO2)cc2c1O[C@H](CF)[C@H]2c1ccccc1. The van der Waals surface area contributed by atoms with Crippen molar-refractivity contribution in [2.24, 2.45) is 0 Å². The highest BCUT2D eigenvalue weighted by Gasteiger charge is 2.38. The van der Waals surface area contributed by atoms with Crippen LogP contribution >= 0.6 is 0 Å². The Morgan fingerprint density at radius 2 is 1.97 bits per heavy atom. The molecule has 2 aliphatic heterocycles. The van der Waals surface area contributed by atoms with Crippen LogP contribution in [0.3, 0.4) is 0 Å². The Balaban J connectivity index is 1.61. The summed E-state index contributed by atoms with van der Waals surface area (Å²) in [6, 6.07) is 13.0. The highest BCUT2D eigenvalue weighted by atomic mass is 19.1. The topological polar surface area (TPSA) is 64.6 Å². The van der Waals surface area contributed by atoms with Crippen molar-refractivity contribution < 1.29 is 23.5 Å². The first-order chi connectivity index (χ1) is 15.6. The van der Waals surface area contributed by atoms with E-state index in [9.17, 15) is 14.0 Å². The van der Waals surface area contributed by atoms with Gasteiger partial charge in [-0.15, -0.1) is 0 Å². The second-order valence-electron chi connectivity index (χ2n) is 8.43. The lowest BCUT2D eigenvalue weighted by atomic mass is 9.85. The van der Waals surface area contributed by atoms with Crippen LogP contribution < -0.4 is 10.1 Å². The summed E-state index contributed by atoms with van der Waals surface area (Å²) in [5, 5.41) is 3.30. The van der Waals surface area contributed by atoms with E-state index in [0.29, 0.717) is 36.3 Å². The van der Waals surface area contributed by atoms with Gasteiger partial charge in [0.25, 0.3) is 0 Å². The lowest BCUT2D eigenvalue weighted by molar-refractivity contribution is 0.0222. The summed E-state index contributed by atoms with van der Waals surface area (Å²) >= 11 is 0. The fourth-order valence-electron chi connectivity index (χ4n) is 4.61. The summed E-state index contributed by atoms with van der Waals surface area (Å²) < 4.78 is 25.6. The van der Waals surface area contributed by atoms with Crippen molar-refractivity contribution in [3.05, 3.63) is 64.7 Å². The van der Waals surface area contributed by atoms with Crippen LogP contribution in [0.5, 0.6) is 5.75 Å². The Kier molecular flexibility index (Phi) is 7.33. The first-order valence-corrected chi connectivity index (χ1v) is 11.5. The molecule has 0 unspecified atom stereocenters. The van der Waals surface area contributed by atoms with Crippen molar-refractivity contribution in [3.8, 4) is 5.75 Å². The molecule has 2 heterocycles. The second kappa shape index (κ2) is 10.4. The third-order valence-corrected chi connectivity index (χ3v) is 6.28. The van der Waals surface area contributed by atoms with Crippen LogP contribution in [0.4, 0.5) is 4.39 Å². The molecule has 0 radical (unpaired) electrons. The van der Waals surface area contributed by atoms with Gasteiger partial charge in [0.2, 0.25) is 0 Å². The Labute approximate surface area is 188 Å². The van der Waals surface area contributed by atoms with Crippen LogP contribution in [0, 0.1) is 0 Å². The van der Waals surface area contributed by atoms with Gasteiger partial charge in [0.1, 0.15) is 18.5 Å². The first kappa shape index (κ1) is 22.6. The average molecular weight is 440 g/mol. The molecule has 4 rings (SSSR count). The molecule has 1 N–H and O–H groups in total. The van der Waals surface area contributed by atoms with E-state index in [2.05, 4.69) is 5.32 Å². The van der Waals surface area contributed by atoms with Gasteiger partial charge in [-0.25, -0.2) is 4.39 Å². The van der Waals surface area contributed by atoms with E-state index in [4.69, 9.17) is 9.47 Å². The van der Waals surface area contributed by atoms with Gasteiger partial charge < -0.3 is 14.8 Å². The third-order valence-electron chi connectivity index (χ3n) is 6.28. The van der Waals surface area contributed by atoms with E-state index >= 15 is 0 Å². The molecule has 0 saturated carbocycles. The molecule has 0 spiro atoms. The van der Waals surface area contributed by atoms with E-state index in [-0.39, 0.29) is 30.0 Å². The van der Waals surface area contributed by atoms with Crippen LogP contribution in [0.2, 0.25) is 0 Å². The van der Waals surface area contributed by atoms with Crippen molar-refractivity contribution in [3.63, 3.8) is 0 Å². The normalized spacial score (nSPS) is 22.2. The van der Waals surface area contributed by atoms with Crippen molar-refractivity contribution in [1.82, 2.24) is 5.32 Å². The highest BCUT2D eigenvalue weighted by Crippen LogP contribution is 2.45. The average Bonchev–Trinajstić information content (AvgIpc) is 3.22. The number of halogens is 1. The molecule has 0 bridgehead atoms. The maximum absolute atomic E-state index is 13.9. The zero-order valence-corrected chi connectivity index (χ0v) is 18.4. The van der Waals surface area contributed by atoms with Crippen LogP contribution in [-0.2, 0) is 4.74 Å². The predicted molar refractivity (Wildman–Crippen MR) is 121 cm³/mol. The Morgan fingerprint density at radius 1 is 1.16 bits per heavy atom. The number of morpholine rings is 1. The number of carbonyl (C=O) groups excluding carboxylic acids is 2. The summed E-state index contributed by atoms with van der Waals surface area (Å²) in [5.41, 5.74) is 2.51. The molecule has 0 aliphatic carbocycles. The summed E-state index contributed by atoms with van der Waals surface area (Å²) in [6.07, 6.45) is 1.61. The van der Waals surface area contributed by atoms with Crippen LogP contribution in [0.1, 0.15) is 70.4 Å². The molecule has 2 aliphatic rings. The van der Waals surface area contributed by atoms with Gasteiger partial charge in [-0.2, -0.15) is 0 Å². The fourth-order valence-corrected chi connectivity index (χ4v) is 4.61. The van der Waals surface area contributed by atoms with Gasteiger partial charge in [-0.05, 0) is 30.5 Å². The lowest BCUT2D eigenvalue weighted by Gasteiger charge is -2.23. The van der Waals surface area contributed by atoms with Gasteiger partial charge in [-0.1, -0.05) is 37.3 Å². The Hall–Kier alpha value is -2.57. The van der Waals surface area contributed by atoms with E-state index in [1.54, 1.807) is 19.1 Å². The largest absolute Gasteiger partial charge is 0.486 e. The standard InChI is InChI=1S/C26H30FNO4/c1-2-22(29)20-13-18(23(30)10-6-9-19-16-28-11-12-31-19)14-21-25(17-7-4-3-5-8-17)24(15-27)32-26(20)21/h3-5,7-8,13-14,19,24-25,28H,2,6,9-12,15-16H2,1H3/t19-,24-,25+/m1/s1. The Bertz CT molecular complexity index is 956. The zero-order valence-electron chi connectivity index (χ0n) is 18.4. The van der Waals surface area contributed by atoms with E-state index in [0.717, 1.165) is 30.6 Å². The number of ketones is 2. The number of rotatable bonds is 9. The molecule has 6 heteroatoms. The van der Waals surface area contributed by atoms with E-state index in [1.807, 2.05) is 30.3 Å². The van der Waals surface area contributed by atoms with Gasteiger partial charge >= 0.3 is 0 Å². The third kappa shape index (κ3) is 4.76. The smallest absolute Gasteiger partial charge is 0.166 e. The molecule has 2 aromatic carbocycles. The minimum absolute atomic E-state index is 0.0165. The maximum Gasteiger partial charge on any atom is 0.166 e. The van der Waals surface area contributed by atoms with Gasteiger partial charge in [0, 0.05) is 37.1 Å². The number of nitrogens with one attached hydrogen (secondary N) is 1. The van der Waals surface area contributed by atoms with Crippen LogP contribution in [0.25, 0.3) is 0 Å². The summed E-state index contributed by atoms with van der Waals surface area (Å²) in [5.74, 6) is -0.0539. The van der Waals surface area contributed by atoms with Crippen molar-refractivity contribution in [1.29, 1.82) is 0 Å². The minimum Gasteiger partial charge on any atom is -0.486 e. The molecular formula is C26H30FNO4. The molecule has 1 saturated heterocycles. The molecule has 3 atom stereocenters. The maximum atomic E-state index is 13.9. The summed E-state index contributed by atoms with van der Waals surface area (Å²) in [7, 11) is 0. The number of hydrogen-bond donors (Lipinski definition) is 1. The van der Waals surface area contributed by atoms with Crippen molar-refractivity contribution in [2.75, 3.05) is 26.4 Å². The minimum atomic E-state index is -0.711. The number of hydrogen-bond acceptors (Lipinski definition) is 5. The number of ether oxygens (including phenoxy) is 2. The van der Waals surface area contributed by atoms with Gasteiger partial charge in [-0.3, -0.25) is 9.59 Å². The molecule has 170 valence electrons. The zero-order chi connectivity index (χ0) is 22.5. The summed E-state index contributed by atoms with van der Waals surface area (Å²) in [4.78, 5) is 25.8. The molecule has 32 heavy (non-hydrogen) atoms. The monoisotopic (exact) mass is 439 g/mol. The molecule has 0 aromatic heterocycles. The second-order valence-corrected chi connectivity index (χ2v) is 8.43. The van der Waals surface area contributed by atoms with Crippen molar-refractivity contribution >= 4 is 11.6 Å². The van der Waals surface area contributed by atoms with E-state index in [1.165, 1.54) is 0 Å². The number of Topliss-reactive ketones (excluding diaryl/α,β-unsaturated/α-hetero) is 2. The van der Waals surface area contributed by atoms with Gasteiger partial charge in [0.15, 0.2) is 11.6 Å². The lowest BCUT2D eigenvalue weighted by Crippen LogP contribution is -2.38.